The molecule has 136 valence electrons. The molecule has 7 heteroatoms. The molecule has 0 N–H and O–H groups in total. The summed E-state index contributed by atoms with van der Waals surface area (Å²) in [5, 5.41) is 5.94. The van der Waals surface area contributed by atoms with Crippen LogP contribution in [0, 0.1) is 0 Å². The molecule has 26 heavy (non-hydrogen) atoms. The van der Waals surface area contributed by atoms with Crippen molar-refractivity contribution in [3.8, 4) is 22.8 Å². The van der Waals surface area contributed by atoms with Crippen molar-refractivity contribution in [2.75, 3.05) is 21.3 Å². The Morgan fingerprint density at radius 1 is 1.23 bits per heavy atom. The number of aromatic nitrogens is 1. The van der Waals surface area contributed by atoms with E-state index < -0.39 is 0 Å². The minimum absolute atomic E-state index is 0.0472. The molecule has 0 aliphatic rings. The third-order valence-corrected chi connectivity index (χ3v) is 5.30. The van der Waals surface area contributed by atoms with Crippen molar-refractivity contribution in [3.63, 3.8) is 0 Å². The van der Waals surface area contributed by atoms with Crippen LogP contribution in [0.1, 0.15) is 28.3 Å². The number of benzene rings is 1. The first kappa shape index (κ1) is 18.0. The Bertz CT molecular complexity index is 889. The number of ether oxygens (including phenoxy) is 2. The number of carbonyl (C=O) groups is 1. The minimum atomic E-state index is -0.206. The Labute approximate surface area is 155 Å². The first-order valence-corrected chi connectivity index (χ1v) is 8.92. The highest BCUT2D eigenvalue weighted by Crippen LogP contribution is 2.34. The van der Waals surface area contributed by atoms with Gasteiger partial charge in [0.2, 0.25) is 0 Å². The number of thiophene rings is 1. The monoisotopic (exact) mass is 372 g/mol. The molecule has 3 aromatic rings. The van der Waals surface area contributed by atoms with Crippen LogP contribution in [0.2, 0.25) is 0 Å². The largest absolute Gasteiger partial charge is 0.497 e. The predicted octanol–water partition coefficient (Wildman–Crippen LogP) is 4.25. The van der Waals surface area contributed by atoms with Crippen molar-refractivity contribution in [3.05, 3.63) is 52.3 Å². The van der Waals surface area contributed by atoms with Crippen LogP contribution in [-0.2, 0) is 0 Å². The van der Waals surface area contributed by atoms with Gasteiger partial charge in [0.25, 0.3) is 5.91 Å². The number of hydrogen-bond acceptors (Lipinski definition) is 6. The van der Waals surface area contributed by atoms with Crippen LogP contribution in [0.3, 0.4) is 0 Å². The second-order valence-corrected chi connectivity index (χ2v) is 6.73. The van der Waals surface area contributed by atoms with E-state index >= 15 is 0 Å². The molecule has 2 aromatic heterocycles. The fraction of sp³-hybridized carbons (Fsp3) is 0.263. The summed E-state index contributed by atoms with van der Waals surface area (Å²) in [6.07, 6.45) is 0. The van der Waals surface area contributed by atoms with Gasteiger partial charge in [-0.15, -0.1) is 11.3 Å². The molecule has 0 saturated carbocycles. The molecule has 0 bridgehead atoms. The van der Waals surface area contributed by atoms with Crippen molar-refractivity contribution >= 4 is 17.2 Å². The van der Waals surface area contributed by atoms with E-state index in [0.717, 1.165) is 4.88 Å². The van der Waals surface area contributed by atoms with Crippen LogP contribution in [0.4, 0.5) is 0 Å². The maximum atomic E-state index is 12.8. The number of methoxy groups -OCH3 is 2. The van der Waals surface area contributed by atoms with Crippen molar-refractivity contribution in [1.82, 2.24) is 10.1 Å². The number of rotatable bonds is 6. The maximum absolute atomic E-state index is 12.8. The lowest BCUT2D eigenvalue weighted by molar-refractivity contribution is 0.0734. The van der Waals surface area contributed by atoms with Gasteiger partial charge in [0, 0.05) is 18.0 Å². The zero-order chi connectivity index (χ0) is 18.7. The van der Waals surface area contributed by atoms with Gasteiger partial charge >= 0.3 is 0 Å². The van der Waals surface area contributed by atoms with Crippen molar-refractivity contribution in [1.29, 1.82) is 0 Å². The third-order valence-electron chi connectivity index (χ3n) is 4.26. The molecular formula is C19H20N2O4S. The molecule has 0 saturated heterocycles. The molecule has 6 nitrogen and oxygen atoms in total. The highest BCUT2D eigenvalue weighted by molar-refractivity contribution is 7.10. The van der Waals surface area contributed by atoms with Crippen LogP contribution in [0.15, 0.2) is 46.3 Å². The molecule has 1 unspecified atom stereocenters. The Morgan fingerprint density at radius 2 is 2.04 bits per heavy atom. The first-order valence-electron chi connectivity index (χ1n) is 8.04. The molecule has 0 radical (unpaired) electrons. The van der Waals surface area contributed by atoms with E-state index in [0.29, 0.717) is 22.8 Å². The molecule has 1 aromatic carbocycles. The highest BCUT2D eigenvalue weighted by Gasteiger charge is 2.24. The first-order chi connectivity index (χ1) is 12.5. The van der Waals surface area contributed by atoms with Crippen LogP contribution in [0.5, 0.6) is 11.5 Å². The predicted molar refractivity (Wildman–Crippen MR) is 99.9 cm³/mol. The molecule has 0 aliphatic heterocycles. The maximum Gasteiger partial charge on any atom is 0.276 e. The van der Waals surface area contributed by atoms with Gasteiger partial charge in [-0.3, -0.25) is 4.79 Å². The van der Waals surface area contributed by atoms with Gasteiger partial charge in [0.1, 0.15) is 11.5 Å². The lowest BCUT2D eigenvalue weighted by Crippen LogP contribution is -2.29. The third kappa shape index (κ3) is 3.43. The van der Waals surface area contributed by atoms with Gasteiger partial charge in [-0.25, -0.2) is 0 Å². The summed E-state index contributed by atoms with van der Waals surface area (Å²) in [7, 11) is 4.92. The van der Waals surface area contributed by atoms with E-state index in [2.05, 4.69) is 5.16 Å². The molecule has 0 spiro atoms. The Balaban J connectivity index is 1.87. The lowest BCUT2D eigenvalue weighted by atomic mass is 10.1. The summed E-state index contributed by atoms with van der Waals surface area (Å²) in [4.78, 5) is 15.5. The molecule has 2 heterocycles. The molecule has 1 amide bonds. The summed E-state index contributed by atoms with van der Waals surface area (Å²) in [6, 6.07) is 10.9. The Hall–Kier alpha value is -2.80. The number of hydrogen-bond donors (Lipinski definition) is 0. The van der Waals surface area contributed by atoms with Crippen LogP contribution in [0.25, 0.3) is 11.3 Å². The van der Waals surface area contributed by atoms with E-state index in [1.807, 2.05) is 24.4 Å². The smallest absolute Gasteiger partial charge is 0.276 e. The second kappa shape index (κ2) is 7.61. The summed E-state index contributed by atoms with van der Waals surface area (Å²) >= 11 is 1.61. The van der Waals surface area contributed by atoms with E-state index in [4.69, 9.17) is 14.0 Å². The molecule has 1 atom stereocenters. The van der Waals surface area contributed by atoms with Gasteiger partial charge < -0.3 is 18.9 Å². The van der Waals surface area contributed by atoms with Crippen molar-refractivity contribution in [2.24, 2.45) is 0 Å². The fourth-order valence-corrected chi connectivity index (χ4v) is 3.41. The Kier molecular flexibility index (Phi) is 5.27. The van der Waals surface area contributed by atoms with E-state index in [1.165, 1.54) is 0 Å². The van der Waals surface area contributed by atoms with Gasteiger partial charge in [-0.1, -0.05) is 11.2 Å². The van der Waals surface area contributed by atoms with Crippen LogP contribution < -0.4 is 9.47 Å². The SMILES string of the molecule is COc1ccc(OC)c(-c2cc(C(=O)N(C)C(C)c3cccs3)no2)c1. The van der Waals surface area contributed by atoms with Gasteiger partial charge in [-0.2, -0.15) is 0 Å². The normalized spacial score (nSPS) is 11.8. The average Bonchev–Trinajstić information content (AvgIpc) is 3.37. The van der Waals surface area contributed by atoms with Gasteiger partial charge in [0.15, 0.2) is 11.5 Å². The molecule has 3 rings (SSSR count). The number of nitrogens with zero attached hydrogens (tertiary/aromatic N) is 2. The minimum Gasteiger partial charge on any atom is -0.497 e. The lowest BCUT2D eigenvalue weighted by Gasteiger charge is -2.22. The van der Waals surface area contributed by atoms with Crippen molar-refractivity contribution in [2.45, 2.75) is 13.0 Å². The fourth-order valence-electron chi connectivity index (χ4n) is 2.59. The number of carbonyl (C=O) groups excluding carboxylic acids is 1. The number of amides is 1. The quantitative estimate of drug-likeness (QED) is 0.647. The molecule has 0 fully saturated rings. The average molecular weight is 372 g/mol. The van der Waals surface area contributed by atoms with Crippen LogP contribution in [-0.4, -0.2) is 37.2 Å². The Morgan fingerprint density at radius 3 is 2.69 bits per heavy atom. The van der Waals surface area contributed by atoms with Crippen molar-refractivity contribution < 1.29 is 18.8 Å². The molecular weight excluding hydrogens is 352 g/mol. The molecule has 0 aliphatic carbocycles. The topological polar surface area (TPSA) is 64.8 Å². The highest BCUT2D eigenvalue weighted by atomic mass is 32.1. The van der Waals surface area contributed by atoms with E-state index in [1.54, 1.807) is 61.8 Å². The summed E-state index contributed by atoms with van der Waals surface area (Å²) in [5.74, 6) is 1.51. The van der Waals surface area contributed by atoms with E-state index in [9.17, 15) is 4.79 Å². The summed E-state index contributed by atoms with van der Waals surface area (Å²) in [5.41, 5.74) is 0.920. The van der Waals surface area contributed by atoms with E-state index in [-0.39, 0.29) is 17.6 Å². The van der Waals surface area contributed by atoms with Gasteiger partial charge in [-0.05, 0) is 36.6 Å². The summed E-state index contributed by atoms with van der Waals surface area (Å²) in [6.45, 7) is 1.98. The standard InChI is InChI=1S/C19H20N2O4S/c1-12(18-6-5-9-26-18)21(2)19(22)15-11-17(25-20-15)14-10-13(23-3)7-8-16(14)24-4/h5-12H,1-4H3. The summed E-state index contributed by atoms with van der Waals surface area (Å²) < 4.78 is 16.0. The van der Waals surface area contributed by atoms with Crippen LogP contribution >= 0.6 is 11.3 Å². The van der Waals surface area contributed by atoms with Gasteiger partial charge in [0.05, 0.1) is 25.8 Å². The second-order valence-electron chi connectivity index (χ2n) is 5.75. The zero-order valence-electron chi connectivity index (χ0n) is 15.1. The zero-order valence-corrected chi connectivity index (χ0v) is 15.9.